The molecule has 0 saturated heterocycles. The van der Waals surface area contributed by atoms with E-state index in [4.69, 9.17) is 35.7 Å². The fourth-order valence-corrected chi connectivity index (χ4v) is 3.62. The van der Waals surface area contributed by atoms with Crippen molar-refractivity contribution in [3.05, 3.63) is 65.9 Å². The van der Waals surface area contributed by atoms with E-state index in [1.807, 2.05) is 69.3 Å². The molecule has 0 unspecified atom stereocenters. The fraction of sp³-hybridized carbons (Fsp3) is 0.321. The average molecular weight is 504 g/mol. The van der Waals surface area contributed by atoms with Gasteiger partial charge >= 0.3 is 0 Å². The van der Waals surface area contributed by atoms with Crippen LogP contribution in [0.3, 0.4) is 0 Å². The van der Waals surface area contributed by atoms with E-state index in [0.29, 0.717) is 42.7 Å². The van der Waals surface area contributed by atoms with Gasteiger partial charge in [-0.3, -0.25) is 0 Å². The minimum absolute atomic E-state index is 0.126. The lowest BCUT2D eigenvalue weighted by Crippen LogP contribution is -2.19. The minimum Gasteiger partial charge on any atom is -0.493 e. The maximum absolute atomic E-state index is 8.96. The summed E-state index contributed by atoms with van der Waals surface area (Å²) in [6, 6.07) is 13.6. The van der Waals surface area contributed by atoms with Crippen LogP contribution in [0.1, 0.15) is 31.9 Å². The van der Waals surface area contributed by atoms with Crippen LogP contribution in [0, 0.1) is 16.7 Å². The smallest absolute Gasteiger partial charge is 0.221 e. The molecule has 0 bridgehead atoms. The highest BCUT2D eigenvalue weighted by Crippen LogP contribution is 2.42. The average Bonchev–Trinajstić information content (AvgIpc) is 2.87. The highest BCUT2D eigenvalue weighted by atomic mass is 16.7. The Balaban J connectivity index is 2.07. The van der Waals surface area contributed by atoms with Gasteiger partial charge in [-0.25, -0.2) is 4.98 Å². The van der Waals surface area contributed by atoms with Crippen molar-refractivity contribution in [3.8, 4) is 34.4 Å². The van der Waals surface area contributed by atoms with Gasteiger partial charge in [-0.1, -0.05) is 32.1 Å². The monoisotopic (exact) mass is 503 g/mol. The molecule has 3 aromatic rings. The summed E-state index contributed by atoms with van der Waals surface area (Å²) in [6.45, 7) is 6.91. The highest BCUT2D eigenvalue weighted by molar-refractivity contribution is 5.78. The topological polar surface area (TPSA) is 139 Å². The first kappa shape index (κ1) is 27.3. The summed E-state index contributed by atoms with van der Waals surface area (Å²) in [5, 5.41) is 8.96. The Morgan fingerprint density at radius 3 is 2.38 bits per heavy atom. The van der Waals surface area contributed by atoms with Gasteiger partial charge in [0.1, 0.15) is 23.1 Å². The first-order valence-electron chi connectivity index (χ1n) is 11.8. The van der Waals surface area contributed by atoms with Crippen molar-refractivity contribution < 1.29 is 18.9 Å². The molecule has 0 aliphatic heterocycles. The van der Waals surface area contributed by atoms with Crippen LogP contribution in [0.2, 0.25) is 0 Å². The number of ether oxygens (including phenoxy) is 4. The first-order chi connectivity index (χ1) is 17.8. The molecule has 0 atom stereocenters. The maximum atomic E-state index is 8.96. The molecule has 0 radical (unpaired) electrons. The zero-order valence-electron chi connectivity index (χ0n) is 21.7. The number of rotatable bonds is 12. The summed E-state index contributed by atoms with van der Waals surface area (Å²) in [7, 11) is 1.57. The Morgan fingerprint density at radius 2 is 1.76 bits per heavy atom. The summed E-state index contributed by atoms with van der Waals surface area (Å²) in [4.78, 5) is 8.15. The molecule has 0 aliphatic rings. The number of allylic oxidation sites excluding steroid dienone is 1. The zero-order chi connectivity index (χ0) is 26.8. The standard InChI is InChI=1S/C28H33N5O4/c1-5-35-23-14-19(13-21-16-32-27(31)33-26(21)30)15-24(36-17-28(2,3)11-6-12-29)25(23)20-7-9-22(10-8-20)37-18-34-4/h6-11,14-16H,5,13,17-18H2,1-4H3,(H4,30,31,32,33)/b11-6+. The molecule has 0 fully saturated rings. The van der Waals surface area contributed by atoms with E-state index in [-0.39, 0.29) is 18.2 Å². The van der Waals surface area contributed by atoms with Gasteiger partial charge in [0.05, 0.1) is 24.8 Å². The molecule has 37 heavy (non-hydrogen) atoms. The molecular weight excluding hydrogens is 470 g/mol. The number of nitrogens with zero attached hydrogens (tertiary/aromatic N) is 3. The van der Waals surface area contributed by atoms with Crippen LogP contribution in [-0.2, 0) is 11.2 Å². The third-order valence-corrected chi connectivity index (χ3v) is 5.43. The fourth-order valence-electron chi connectivity index (χ4n) is 3.62. The second-order valence-corrected chi connectivity index (χ2v) is 9.03. The highest BCUT2D eigenvalue weighted by Gasteiger charge is 2.21. The molecule has 194 valence electrons. The minimum atomic E-state index is -0.373. The van der Waals surface area contributed by atoms with Crippen LogP contribution >= 0.6 is 0 Å². The van der Waals surface area contributed by atoms with E-state index in [1.165, 1.54) is 6.08 Å². The summed E-state index contributed by atoms with van der Waals surface area (Å²) in [5.41, 5.74) is 14.7. The lowest BCUT2D eigenvalue weighted by molar-refractivity contribution is 0.0511. The van der Waals surface area contributed by atoms with E-state index in [0.717, 1.165) is 22.3 Å². The summed E-state index contributed by atoms with van der Waals surface area (Å²) in [5.74, 6) is 2.44. The van der Waals surface area contributed by atoms with Gasteiger partial charge in [0.25, 0.3) is 0 Å². The van der Waals surface area contributed by atoms with Crippen molar-refractivity contribution in [3.63, 3.8) is 0 Å². The van der Waals surface area contributed by atoms with Crippen molar-refractivity contribution in [2.45, 2.75) is 27.2 Å². The third-order valence-electron chi connectivity index (χ3n) is 5.43. The number of methoxy groups -OCH3 is 1. The Bertz CT molecular complexity index is 1270. The van der Waals surface area contributed by atoms with E-state index in [2.05, 4.69) is 9.97 Å². The van der Waals surface area contributed by atoms with Crippen molar-refractivity contribution >= 4 is 11.8 Å². The van der Waals surface area contributed by atoms with Crippen LogP contribution in [-0.4, -0.2) is 37.1 Å². The van der Waals surface area contributed by atoms with E-state index < -0.39 is 0 Å². The molecule has 1 heterocycles. The van der Waals surface area contributed by atoms with Crippen molar-refractivity contribution in [1.82, 2.24) is 9.97 Å². The summed E-state index contributed by atoms with van der Waals surface area (Å²) >= 11 is 0. The lowest BCUT2D eigenvalue weighted by Gasteiger charge is -2.24. The number of nitrogens with two attached hydrogens (primary N) is 2. The molecular formula is C28H33N5O4. The van der Waals surface area contributed by atoms with Crippen LogP contribution in [0.4, 0.5) is 11.8 Å². The van der Waals surface area contributed by atoms with Crippen LogP contribution in [0.5, 0.6) is 17.2 Å². The van der Waals surface area contributed by atoms with Crippen LogP contribution in [0.25, 0.3) is 11.1 Å². The molecule has 1 aromatic heterocycles. The van der Waals surface area contributed by atoms with Gasteiger partial charge < -0.3 is 30.4 Å². The van der Waals surface area contributed by atoms with E-state index >= 15 is 0 Å². The second kappa shape index (κ2) is 12.6. The van der Waals surface area contributed by atoms with Gasteiger partial charge in [0.2, 0.25) is 5.95 Å². The maximum Gasteiger partial charge on any atom is 0.221 e. The SMILES string of the molecule is CCOc1cc(Cc2cnc(N)nc2N)cc(OCC(C)(C)/C=C/C#N)c1-c1ccc(OCOC)cc1. The molecule has 4 N–H and O–H groups in total. The number of hydrogen-bond donors (Lipinski definition) is 2. The van der Waals surface area contributed by atoms with Gasteiger partial charge in [-0.2, -0.15) is 10.2 Å². The number of benzene rings is 2. The molecule has 3 rings (SSSR count). The number of aromatic nitrogens is 2. The quantitative estimate of drug-likeness (QED) is 0.264. The van der Waals surface area contributed by atoms with Gasteiger partial charge in [0, 0.05) is 36.8 Å². The number of hydrogen-bond acceptors (Lipinski definition) is 9. The Hall–Kier alpha value is -4.29. The Kier molecular flexibility index (Phi) is 9.30. The predicted molar refractivity (Wildman–Crippen MR) is 143 cm³/mol. The molecule has 0 amide bonds. The molecule has 9 nitrogen and oxygen atoms in total. The Morgan fingerprint density at radius 1 is 1.05 bits per heavy atom. The van der Waals surface area contributed by atoms with Gasteiger partial charge in [0.15, 0.2) is 6.79 Å². The number of nitriles is 1. The van der Waals surface area contributed by atoms with E-state index in [9.17, 15) is 0 Å². The van der Waals surface area contributed by atoms with Crippen LogP contribution < -0.4 is 25.7 Å². The normalized spacial score (nSPS) is 11.3. The van der Waals surface area contributed by atoms with Crippen molar-refractivity contribution in [2.24, 2.45) is 5.41 Å². The van der Waals surface area contributed by atoms with Gasteiger partial charge in [-0.05, 0) is 42.3 Å². The first-order valence-corrected chi connectivity index (χ1v) is 11.8. The Labute approximate surface area is 217 Å². The van der Waals surface area contributed by atoms with Crippen LogP contribution in [0.15, 0.2) is 54.7 Å². The van der Waals surface area contributed by atoms with Crippen molar-refractivity contribution in [2.75, 3.05) is 38.6 Å². The zero-order valence-corrected chi connectivity index (χ0v) is 21.7. The third kappa shape index (κ3) is 7.59. The summed E-state index contributed by atoms with van der Waals surface area (Å²) < 4.78 is 23.0. The molecule has 9 heteroatoms. The molecule has 0 aliphatic carbocycles. The van der Waals surface area contributed by atoms with Gasteiger partial charge in [-0.15, -0.1) is 0 Å². The summed E-state index contributed by atoms with van der Waals surface area (Å²) in [6.07, 6.45) is 5.38. The largest absolute Gasteiger partial charge is 0.493 e. The molecule has 2 aromatic carbocycles. The number of anilines is 2. The van der Waals surface area contributed by atoms with E-state index in [1.54, 1.807) is 13.3 Å². The predicted octanol–water partition coefficient (Wildman–Crippen LogP) is 4.76. The molecule has 0 spiro atoms. The second-order valence-electron chi connectivity index (χ2n) is 9.03. The molecule has 0 saturated carbocycles. The van der Waals surface area contributed by atoms with Crippen molar-refractivity contribution in [1.29, 1.82) is 5.26 Å². The number of nitrogen functional groups attached to an aromatic ring is 2. The lowest BCUT2D eigenvalue weighted by atomic mass is 9.94.